The molecule has 0 atom stereocenters. The number of carbonyl (C=O) groups is 1. The van der Waals surface area contributed by atoms with Crippen LogP contribution in [0.2, 0.25) is 0 Å². The Hall–Kier alpha value is -2.81. The molecule has 0 unspecified atom stereocenters. The van der Waals surface area contributed by atoms with Crippen molar-refractivity contribution in [3.05, 3.63) is 76.4 Å². The van der Waals surface area contributed by atoms with Gasteiger partial charge in [0.2, 0.25) is 0 Å². The number of methoxy groups -OCH3 is 1. The molecule has 0 bridgehead atoms. The van der Waals surface area contributed by atoms with E-state index in [0.717, 1.165) is 27.8 Å². The molecule has 25 heavy (non-hydrogen) atoms. The van der Waals surface area contributed by atoms with Gasteiger partial charge < -0.3 is 9.84 Å². The van der Waals surface area contributed by atoms with Gasteiger partial charge >= 0.3 is 0 Å². The average Bonchev–Trinajstić information content (AvgIpc) is 2.94. The zero-order valence-corrected chi connectivity index (χ0v) is 15.2. The van der Waals surface area contributed by atoms with Crippen molar-refractivity contribution in [3.63, 3.8) is 0 Å². The number of rotatable bonds is 3. The summed E-state index contributed by atoms with van der Waals surface area (Å²) in [6.07, 6.45) is 6.28. The van der Waals surface area contributed by atoms with Crippen LogP contribution in [0.15, 0.2) is 54.1 Å². The summed E-state index contributed by atoms with van der Waals surface area (Å²) in [6.45, 7) is 5.99. The number of allylic oxidation sites excluding steroid dienone is 3. The molecule has 0 spiro atoms. The molecule has 2 aromatic rings. The van der Waals surface area contributed by atoms with E-state index >= 15 is 0 Å². The Morgan fingerprint density at radius 3 is 2.60 bits per heavy atom. The van der Waals surface area contributed by atoms with E-state index in [4.69, 9.17) is 4.74 Å². The van der Waals surface area contributed by atoms with Gasteiger partial charge in [-0.1, -0.05) is 55.8 Å². The van der Waals surface area contributed by atoms with Gasteiger partial charge in [0, 0.05) is 17.6 Å². The summed E-state index contributed by atoms with van der Waals surface area (Å²) in [6, 6.07) is 11.1. The first-order valence-electron chi connectivity index (χ1n) is 8.47. The SMILES string of the molecule is CC.COc1cc(/C=C/C=C2\Cc3ccc(C)cc3C2=O)ccc1O. The second kappa shape index (κ2) is 8.34. The van der Waals surface area contributed by atoms with Crippen LogP contribution in [-0.2, 0) is 6.42 Å². The number of carbonyl (C=O) groups excluding carboxylic acids is 1. The molecule has 1 aliphatic rings. The van der Waals surface area contributed by atoms with Gasteiger partial charge in [0.15, 0.2) is 17.3 Å². The van der Waals surface area contributed by atoms with Crippen LogP contribution in [0.5, 0.6) is 11.5 Å². The molecule has 1 aliphatic carbocycles. The van der Waals surface area contributed by atoms with Crippen LogP contribution in [0.25, 0.3) is 6.08 Å². The number of benzene rings is 2. The van der Waals surface area contributed by atoms with E-state index in [1.165, 1.54) is 7.11 Å². The van der Waals surface area contributed by atoms with Crippen molar-refractivity contribution in [2.24, 2.45) is 0 Å². The minimum atomic E-state index is 0.108. The number of Topliss-reactive ketones (excluding diaryl/α,β-unsaturated/α-hetero) is 1. The average molecular weight is 336 g/mol. The van der Waals surface area contributed by atoms with Crippen LogP contribution in [-0.4, -0.2) is 18.0 Å². The Morgan fingerprint density at radius 2 is 1.88 bits per heavy atom. The minimum absolute atomic E-state index is 0.108. The molecule has 0 amide bonds. The maximum absolute atomic E-state index is 12.4. The smallest absolute Gasteiger partial charge is 0.189 e. The molecular weight excluding hydrogens is 312 g/mol. The van der Waals surface area contributed by atoms with Crippen LogP contribution < -0.4 is 4.74 Å². The summed E-state index contributed by atoms with van der Waals surface area (Å²) >= 11 is 0. The lowest BCUT2D eigenvalue weighted by Gasteiger charge is -2.03. The van der Waals surface area contributed by atoms with E-state index in [9.17, 15) is 9.90 Å². The van der Waals surface area contributed by atoms with Crippen LogP contribution in [0.1, 0.15) is 40.9 Å². The number of phenolic OH excluding ortho intramolecular Hbond substituents is 1. The van der Waals surface area contributed by atoms with E-state index in [1.807, 2.05) is 57.2 Å². The van der Waals surface area contributed by atoms with Crippen LogP contribution in [0.4, 0.5) is 0 Å². The molecule has 2 aromatic carbocycles. The van der Waals surface area contributed by atoms with Crippen molar-refractivity contribution in [2.45, 2.75) is 27.2 Å². The van der Waals surface area contributed by atoms with Gasteiger partial charge in [-0.25, -0.2) is 0 Å². The van der Waals surface area contributed by atoms with E-state index < -0.39 is 0 Å². The molecular formula is C22H24O3. The lowest BCUT2D eigenvalue weighted by molar-refractivity contribution is 0.103. The van der Waals surface area contributed by atoms with Crippen molar-refractivity contribution >= 4 is 11.9 Å². The number of aryl methyl sites for hydroxylation is 1. The number of fused-ring (bicyclic) bond motifs is 1. The first-order chi connectivity index (χ1) is 12.1. The Morgan fingerprint density at radius 1 is 1.12 bits per heavy atom. The number of hydrogen-bond acceptors (Lipinski definition) is 3. The fourth-order valence-electron chi connectivity index (χ4n) is 2.72. The Labute approximate surface area is 149 Å². The van der Waals surface area contributed by atoms with Crippen molar-refractivity contribution in [2.75, 3.05) is 7.11 Å². The van der Waals surface area contributed by atoms with Crippen LogP contribution in [0, 0.1) is 6.92 Å². The monoisotopic (exact) mass is 336 g/mol. The molecule has 0 saturated carbocycles. The summed E-state index contributed by atoms with van der Waals surface area (Å²) in [5, 5.41) is 9.58. The van der Waals surface area contributed by atoms with Gasteiger partial charge in [0.05, 0.1) is 7.11 Å². The maximum Gasteiger partial charge on any atom is 0.189 e. The van der Waals surface area contributed by atoms with Crippen molar-refractivity contribution in [1.29, 1.82) is 0 Å². The first kappa shape index (κ1) is 18.5. The third-order valence-electron chi connectivity index (χ3n) is 3.97. The zero-order chi connectivity index (χ0) is 18.4. The van der Waals surface area contributed by atoms with Crippen molar-refractivity contribution < 1.29 is 14.6 Å². The lowest BCUT2D eigenvalue weighted by atomic mass is 10.1. The number of ether oxygens (including phenoxy) is 1. The molecule has 0 aliphatic heterocycles. The number of hydrogen-bond donors (Lipinski definition) is 1. The number of phenols is 1. The van der Waals surface area contributed by atoms with Gasteiger partial charge in [-0.2, -0.15) is 0 Å². The standard InChI is InChI=1S/C20H18O3.C2H6/c1-13-6-8-15-12-16(20(22)17(15)10-13)5-3-4-14-7-9-18(21)19(11-14)23-2;1-2/h3-11,21H,12H2,1-2H3;1-2H3/b4-3+,16-5+;. The van der Waals surface area contributed by atoms with E-state index in [0.29, 0.717) is 12.2 Å². The van der Waals surface area contributed by atoms with E-state index in [-0.39, 0.29) is 11.5 Å². The summed E-state index contributed by atoms with van der Waals surface area (Å²) in [4.78, 5) is 12.4. The molecule has 3 heteroatoms. The maximum atomic E-state index is 12.4. The highest BCUT2D eigenvalue weighted by molar-refractivity contribution is 6.13. The summed E-state index contributed by atoms with van der Waals surface area (Å²) < 4.78 is 5.08. The highest BCUT2D eigenvalue weighted by atomic mass is 16.5. The second-order valence-electron chi connectivity index (χ2n) is 5.65. The van der Waals surface area contributed by atoms with Gasteiger partial charge in [0.1, 0.15) is 0 Å². The van der Waals surface area contributed by atoms with E-state index in [1.54, 1.807) is 18.2 Å². The van der Waals surface area contributed by atoms with Gasteiger partial charge in [0.25, 0.3) is 0 Å². The third kappa shape index (κ3) is 4.18. The van der Waals surface area contributed by atoms with Crippen LogP contribution >= 0.6 is 0 Å². The molecule has 3 rings (SSSR count). The Bertz CT molecular complexity index is 829. The Kier molecular flexibility index (Phi) is 6.18. The molecule has 0 fully saturated rings. The van der Waals surface area contributed by atoms with E-state index in [2.05, 4.69) is 0 Å². The molecule has 3 nitrogen and oxygen atoms in total. The first-order valence-corrected chi connectivity index (χ1v) is 8.47. The molecule has 0 radical (unpaired) electrons. The zero-order valence-electron chi connectivity index (χ0n) is 15.2. The van der Waals surface area contributed by atoms with Crippen LogP contribution in [0.3, 0.4) is 0 Å². The fourth-order valence-corrected chi connectivity index (χ4v) is 2.72. The summed E-state index contributed by atoms with van der Waals surface area (Å²) in [7, 11) is 1.51. The fraction of sp³-hybridized carbons (Fsp3) is 0.227. The molecule has 130 valence electrons. The second-order valence-corrected chi connectivity index (χ2v) is 5.65. The highest BCUT2D eigenvalue weighted by Gasteiger charge is 2.23. The molecule has 0 heterocycles. The molecule has 0 aromatic heterocycles. The Balaban J connectivity index is 0.00000109. The van der Waals surface area contributed by atoms with Gasteiger partial charge in [-0.15, -0.1) is 0 Å². The molecule has 0 saturated heterocycles. The highest BCUT2D eigenvalue weighted by Crippen LogP contribution is 2.28. The summed E-state index contributed by atoms with van der Waals surface area (Å²) in [5.41, 5.74) is 4.70. The number of aromatic hydroxyl groups is 1. The predicted molar refractivity (Wildman–Crippen MR) is 102 cm³/mol. The summed E-state index contributed by atoms with van der Waals surface area (Å²) in [5.74, 6) is 0.649. The van der Waals surface area contributed by atoms with Crippen molar-refractivity contribution in [3.8, 4) is 11.5 Å². The minimum Gasteiger partial charge on any atom is -0.504 e. The normalized spacial score (nSPS) is 14.4. The predicted octanol–water partition coefficient (Wildman–Crippen LogP) is 5.11. The topological polar surface area (TPSA) is 46.5 Å². The lowest BCUT2D eigenvalue weighted by Crippen LogP contribution is -1.95. The quantitative estimate of drug-likeness (QED) is 0.792. The number of ketones is 1. The van der Waals surface area contributed by atoms with Gasteiger partial charge in [-0.05, 0) is 36.2 Å². The van der Waals surface area contributed by atoms with Crippen molar-refractivity contribution in [1.82, 2.24) is 0 Å². The third-order valence-corrected chi connectivity index (χ3v) is 3.97. The van der Waals surface area contributed by atoms with Gasteiger partial charge in [-0.3, -0.25) is 4.79 Å². The molecule has 1 N–H and O–H groups in total. The largest absolute Gasteiger partial charge is 0.504 e.